The molecule has 0 unspecified atom stereocenters. The Bertz CT molecular complexity index is 538. The Hall–Kier alpha value is -0.650. The number of carbonyl (C=O) groups excluding carboxylic acids is 1. The molecule has 0 saturated heterocycles. The predicted octanol–water partition coefficient (Wildman–Crippen LogP) is 3.46. The van der Waals surface area contributed by atoms with E-state index in [4.69, 9.17) is 5.73 Å². The van der Waals surface area contributed by atoms with Crippen LogP contribution in [0.15, 0.2) is 0 Å². The molecular weight excluding hydrogens is 330 g/mol. The summed E-state index contributed by atoms with van der Waals surface area (Å²) in [7, 11) is 0. The van der Waals surface area contributed by atoms with Gasteiger partial charge >= 0.3 is 0 Å². The maximum absolute atomic E-state index is 12.6. The monoisotopic (exact) mass is 357 g/mol. The van der Waals surface area contributed by atoms with Crippen molar-refractivity contribution in [2.75, 3.05) is 6.54 Å². The summed E-state index contributed by atoms with van der Waals surface area (Å²) in [6.07, 6.45) is 10.0. The van der Waals surface area contributed by atoms with Crippen LogP contribution in [0, 0.1) is 6.92 Å². The van der Waals surface area contributed by atoms with Gasteiger partial charge in [0.25, 0.3) is 0 Å². The Balaban J connectivity index is 0.00000192. The summed E-state index contributed by atoms with van der Waals surface area (Å²) < 4.78 is 0. The molecule has 23 heavy (non-hydrogen) atoms. The molecule has 0 aliphatic heterocycles. The van der Waals surface area contributed by atoms with E-state index in [1.807, 2.05) is 6.92 Å². The number of nitrogens with two attached hydrogens (primary N) is 1. The fraction of sp³-hybridized carbons (Fsp3) is 0.765. The normalized spacial score (nSPS) is 23.3. The van der Waals surface area contributed by atoms with Gasteiger partial charge < -0.3 is 11.1 Å². The number of halogens is 1. The van der Waals surface area contributed by atoms with Gasteiger partial charge in [-0.1, -0.05) is 25.7 Å². The topological polar surface area (TPSA) is 68.0 Å². The average Bonchev–Trinajstić information content (AvgIpc) is 2.74. The van der Waals surface area contributed by atoms with E-state index < -0.39 is 0 Å². The standard InChI is InChI=1S/C17H27N3OS.ClH/c1-12-20-15-13(7-6-8-14(15)22-12)16(21)19-11-17(18)9-4-2-3-5-10-17;/h13H,2-11,18H2,1H3,(H,19,21);1H/t13-;/m1./s1. The molecule has 1 atom stereocenters. The van der Waals surface area contributed by atoms with Crippen LogP contribution in [0.3, 0.4) is 0 Å². The quantitative estimate of drug-likeness (QED) is 0.814. The van der Waals surface area contributed by atoms with Crippen LogP contribution in [0.1, 0.15) is 72.9 Å². The predicted molar refractivity (Wildman–Crippen MR) is 97.4 cm³/mol. The van der Waals surface area contributed by atoms with Crippen LogP contribution in [0.2, 0.25) is 0 Å². The van der Waals surface area contributed by atoms with E-state index in [-0.39, 0.29) is 29.8 Å². The first kappa shape index (κ1) is 18.7. The van der Waals surface area contributed by atoms with Crippen LogP contribution in [0.4, 0.5) is 0 Å². The number of hydrogen-bond acceptors (Lipinski definition) is 4. The highest BCUT2D eigenvalue weighted by Gasteiger charge is 2.32. The zero-order chi connectivity index (χ0) is 15.6. The number of nitrogens with one attached hydrogen (secondary N) is 1. The number of amides is 1. The summed E-state index contributed by atoms with van der Waals surface area (Å²) in [6.45, 7) is 2.64. The van der Waals surface area contributed by atoms with Crippen molar-refractivity contribution in [3.63, 3.8) is 0 Å². The third-order valence-electron chi connectivity index (χ3n) is 5.09. The van der Waals surface area contributed by atoms with E-state index in [9.17, 15) is 4.79 Å². The Morgan fingerprint density at radius 3 is 2.70 bits per heavy atom. The number of carbonyl (C=O) groups is 1. The molecule has 2 aliphatic carbocycles. The molecule has 0 aromatic carbocycles. The zero-order valence-corrected chi connectivity index (χ0v) is 15.5. The molecular formula is C17H28ClN3OS. The molecule has 1 fully saturated rings. The van der Waals surface area contributed by atoms with Gasteiger partial charge in [-0.2, -0.15) is 0 Å². The maximum atomic E-state index is 12.6. The van der Waals surface area contributed by atoms with Crippen molar-refractivity contribution in [1.29, 1.82) is 0 Å². The number of hydrogen-bond donors (Lipinski definition) is 2. The Labute approximate surface area is 149 Å². The van der Waals surface area contributed by atoms with Crippen LogP contribution < -0.4 is 11.1 Å². The molecule has 1 amide bonds. The summed E-state index contributed by atoms with van der Waals surface area (Å²) in [4.78, 5) is 18.6. The Morgan fingerprint density at radius 1 is 1.30 bits per heavy atom. The van der Waals surface area contributed by atoms with Crippen molar-refractivity contribution >= 4 is 29.7 Å². The lowest BCUT2D eigenvalue weighted by Crippen LogP contribution is -2.50. The second-order valence-corrected chi connectivity index (χ2v) is 8.27. The van der Waals surface area contributed by atoms with Crippen LogP contribution in [0.5, 0.6) is 0 Å². The minimum absolute atomic E-state index is 0. The second-order valence-electron chi connectivity index (χ2n) is 6.98. The molecule has 0 radical (unpaired) electrons. The van der Waals surface area contributed by atoms with Gasteiger partial charge in [0.05, 0.1) is 16.6 Å². The van der Waals surface area contributed by atoms with E-state index in [0.29, 0.717) is 6.54 Å². The average molecular weight is 358 g/mol. The van der Waals surface area contributed by atoms with E-state index in [2.05, 4.69) is 10.3 Å². The van der Waals surface area contributed by atoms with Gasteiger partial charge in [0.1, 0.15) is 0 Å². The van der Waals surface area contributed by atoms with Crippen molar-refractivity contribution in [2.45, 2.75) is 76.2 Å². The summed E-state index contributed by atoms with van der Waals surface area (Å²) in [5.74, 6) is 0.0587. The van der Waals surface area contributed by atoms with E-state index >= 15 is 0 Å². The van der Waals surface area contributed by atoms with Gasteiger partial charge in [-0.25, -0.2) is 4.98 Å². The molecule has 0 bridgehead atoms. The number of rotatable bonds is 3. The molecule has 3 N–H and O–H groups in total. The van der Waals surface area contributed by atoms with E-state index in [1.54, 1.807) is 11.3 Å². The van der Waals surface area contributed by atoms with Crippen molar-refractivity contribution in [1.82, 2.24) is 10.3 Å². The van der Waals surface area contributed by atoms with E-state index in [1.165, 1.54) is 30.6 Å². The first-order valence-electron chi connectivity index (χ1n) is 8.60. The third kappa shape index (κ3) is 4.46. The van der Waals surface area contributed by atoms with Crippen LogP contribution in [-0.2, 0) is 11.2 Å². The zero-order valence-electron chi connectivity index (χ0n) is 13.9. The third-order valence-corrected chi connectivity index (χ3v) is 6.14. The fourth-order valence-corrected chi connectivity index (χ4v) is 4.83. The largest absolute Gasteiger partial charge is 0.354 e. The van der Waals surface area contributed by atoms with E-state index in [0.717, 1.165) is 42.8 Å². The molecule has 3 rings (SSSR count). The number of fused-ring (bicyclic) bond motifs is 1. The van der Waals surface area contributed by atoms with Crippen LogP contribution in [0.25, 0.3) is 0 Å². The number of aryl methyl sites for hydroxylation is 2. The minimum Gasteiger partial charge on any atom is -0.354 e. The molecule has 2 aliphatic rings. The molecule has 1 aromatic rings. The van der Waals surface area contributed by atoms with Crippen molar-refractivity contribution < 1.29 is 4.79 Å². The highest BCUT2D eigenvalue weighted by Crippen LogP contribution is 2.35. The summed E-state index contributed by atoms with van der Waals surface area (Å²) in [6, 6.07) is 0. The Kier molecular flexibility index (Phi) is 6.46. The van der Waals surface area contributed by atoms with Crippen LogP contribution >= 0.6 is 23.7 Å². The summed E-state index contributed by atoms with van der Waals surface area (Å²) in [5.41, 5.74) is 7.33. The van der Waals surface area contributed by atoms with Gasteiger partial charge in [0, 0.05) is 17.0 Å². The molecule has 4 nitrogen and oxygen atoms in total. The summed E-state index contributed by atoms with van der Waals surface area (Å²) >= 11 is 1.74. The number of nitrogens with zero attached hydrogens (tertiary/aromatic N) is 1. The van der Waals surface area contributed by atoms with Gasteiger partial charge in [-0.05, 0) is 39.0 Å². The maximum Gasteiger partial charge on any atom is 0.229 e. The number of aromatic nitrogens is 1. The lowest BCUT2D eigenvalue weighted by atomic mass is 9.88. The van der Waals surface area contributed by atoms with Crippen molar-refractivity contribution in [3.8, 4) is 0 Å². The van der Waals surface area contributed by atoms with Gasteiger partial charge in [0.15, 0.2) is 0 Å². The Morgan fingerprint density at radius 2 is 2.00 bits per heavy atom. The molecule has 1 saturated carbocycles. The molecule has 0 spiro atoms. The fourth-order valence-electron chi connectivity index (χ4n) is 3.79. The van der Waals surface area contributed by atoms with Gasteiger partial charge in [0.2, 0.25) is 5.91 Å². The van der Waals surface area contributed by atoms with Crippen LogP contribution in [-0.4, -0.2) is 23.0 Å². The van der Waals surface area contributed by atoms with Crippen molar-refractivity contribution in [3.05, 3.63) is 15.6 Å². The summed E-state index contributed by atoms with van der Waals surface area (Å²) in [5, 5.41) is 4.21. The molecule has 1 aromatic heterocycles. The molecule has 130 valence electrons. The van der Waals surface area contributed by atoms with Crippen molar-refractivity contribution in [2.24, 2.45) is 5.73 Å². The first-order valence-corrected chi connectivity index (χ1v) is 9.42. The van der Waals surface area contributed by atoms with Gasteiger partial charge in [-0.3, -0.25) is 4.79 Å². The lowest BCUT2D eigenvalue weighted by molar-refractivity contribution is -0.123. The highest BCUT2D eigenvalue weighted by molar-refractivity contribution is 7.11. The highest BCUT2D eigenvalue weighted by atomic mass is 35.5. The minimum atomic E-state index is -0.207. The first-order chi connectivity index (χ1) is 10.6. The second kappa shape index (κ2) is 7.95. The lowest BCUT2D eigenvalue weighted by Gasteiger charge is -2.29. The molecule has 1 heterocycles. The smallest absolute Gasteiger partial charge is 0.229 e. The molecule has 6 heteroatoms. The number of thiazole rings is 1. The van der Waals surface area contributed by atoms with Gasteiger partial charge in [-0.15, -0.1) is 23.7 Å². The SMILES string of the molecule is Cc1nc2c(s1)CCC[C@H]2C(=O)NCC1(N)CCCCCC1.Cl.